The molecule has 0 fully saturated rings. The summed E-state index contributed by atoms with van der Waals surface area (Å²) in [5.41, 5.74) is 0. The molecule has 3 heteroatoms. The molecule has 0 aliphatic rings. The molecule has 0 saturated carbocycles. The topological polar surface area (TPSA) is 29.1 Å². The van der Waals surface area contributed by atoms with E-state index in [1.54, 1.807) is 0 Å². The van der Waals surface area contributed by atoms with Crippen LogP contribution in [0.3, 0.4) is 0 Å². The average Bonchev–Trinajstić information content (AvgIpc) is 2.64. The first-order valence-corrected chi connectivity index (χ1v) is 12.2. The number of carbonyl (C=O) groups is 1. The molecule has 0 bridgehead atoms. The van der Waals surface area contributed by atoms with Crippen LogP contribution in [0.25, 0.3) is 0 Å². The molecule has 0 unspecified atom stereocenters. The molecule has 2 nitrogen and oxygen atoms in total. The van der Waals surface area contributed by atoms with Crippen molar-refractivity contribution in [2.45, 2.75) is 123 Å². The van der Waals surface area contributed by atoms with E-state index in [2.05, 4.69) is 30.7 Å². The van der Waals surface area contributed by atoms with Crippen molar-refractivity contribution in [3.63, 3.8) is 0 Å². The quantitative estimate of drug-likeness (QED) is 0.131. The van der Waals surface area contributed by atoms with E-state index in [1.807, 2.05) is 0 Å². The minimum Gasteiger partial charge on any atom is -0.286 e. The molecule has 0 aromatic rings. The van der Waals surface area contributed by atoms with Gasteiger partial charge in [0.25, 0.3) is 0 Å². The second-order valence-electron chi connectivity index (χ2n) is 7.41. The van der Waals surface area contributed by atoms with Crippen molar-refractivity contribution in [1.29, 1.82) is 0 Å². The van der Waals surface area contributed by atoms with E-state index >= 15 is 0 Å². The molecule has 0 amide bonds. The number of allylic oxidation sites excluding steroid dienone is 2. The first-order chi connectivity index (χ1) is 12.8. The van der Waals surface area contributed by atoms with Gasteiger partial charge in [-0.25, -0.2) is 0 Å². The second kappa shape index (κ2) is 22.8. The van der Waals surface area contributed by atoms with Gasteiger partial charge in [-0.1, -0.05) is 90.2 Å². The summed E-state index contributed by atoms with van der Waals surface area (Å²) in [4.78, 5) is 11.7. The van der Waals surface area contributed by atoms with Gasteiger partial charge in [0.15, 0.2) is 0 Å². The highest BCUT2D eigenvalue weighted by molar-refractivity contribution is 8.11. The maximum absolute atomic E-state index is 11.7. The number of unbranched alkanes of at least 4 members (excludes halogenated alkanes) is 13. The normalized spacial score (nSPS) is 11.5. The highest BCUT2D eigenvalue weighted by Crippen LogP contribution is 2.12. The molecule has 0 saturated heterocycles. The Morgan fingerprint density at radius 1 is 0.692 bits per heavy atom. The smallest absolute Gasteiger partial charge is 0.203 e. The van der Waals surface area contributed by atoms with Crippen LogP contribution < -0.4 is 4.72 Å². The molecular formula is C23H45NOS. The summed E-state index contributed by atoms with van der Waals surface area (Å²) in [6.45, 7) is 5.43. The molecule has 0 rings (SSSR count). The Hall–Kier alpha value is -0.280. The Labute approximate surface area is 168 Å². The summed E-state index contributed by atoms with van der Waals surface area (Å²) >= 11 is 1.32. The lowest BCUT2D eigenvalue weighted by Crippen LogP contribution is -2.09. The summed E-state index contributed by atoms with van der Waals surface area (Å²) in [6.07, 6.45) is 26.1. The van der Waals surface area contributed by atoms with Gasteiger partial charge in [0.2, 0.25) is 5.12 Å². The van der Waals surface area contributed by atoms with Crippen LogP contribution in [0.1, 0.15) is 123 Å². The summed E-state index contributed by atoms with van der Waals surface area (Å²) < 4.78 is 3.18. The van der Waals surface area contributed by atoms with Crippen LogP contribution >= 0.6 is 11.9 Å². The molecule has 154 valence electrons. The Kier molecular flexibility index (Phi) is 22.5. The molecule has 0 aromatic carbocycles. The molecule has 0 spiro atoms. The number of nitrogens with one attached hydrogen (secondary N) is 1. The summed E-state index contributed by atoms with van der Waals surface area (Å²) in [7, 11) is 0. The zero-order chi connectivity index (χ0) is 19.1. The van der Waals surface area contributed by atoms with Crippen molar-refractivity contribution in [3.05, 3.63) is 12.2 Å². The third-order valence-electron chi connectivity index (χ3n) is 4.71. The van der Waals surface area contributed by atoms with Gasteiger partial charge in [0.1, 0.15) is 0 Å². The monoisotopic (exact) mass is 383 g/mol. The molecule has 0 aromatic heterocycles. The Morgan fingerprint density at radius 3 is 1.81 bits per heavy atom. The van der Waals surface area contributed by atoms with Gasteiger partial charge in [-0.3, -0.25) is 9.52 Å². The van der Waals surface area contributed by atoms with E-state index in [1.165, 1.54) is 108 Å². The standard InChI is InChI=1S/C23H45NOS/c1-3-5-7-8-9-10-11-12-13-14-15-16-17-18-19-21-23(25)26-24-22-20-6-4-2/h12-13,24H,3-11,14-22H2,1-2H3/b13-12-. The van der Waals surface area contributed by atoms with Crippen molar-refractivity contribution in [2.75, 3.05) is 6.54 Å². The predicted molar refractivity (Wildman–Crippen MR) is 120 cm³/mol. The van der Waals surface area contributed by atoms with Crippen LogP contribution in [0.4, 0.5) is 0 Å². The van der Waals surface area contributed by atoms with Gasteiger partial charge in [0, 0.05) is 13.0 Å². The summed E-state index contributed by atoms with van der Waals surface area (Å²) in [5, 5.41) is 0.305. The van der Waals surface area contributed by atoms with Crippen LogP contribution in [0.15, 0.2) is 12.2 Å². The van der Waals surface area contributed by atoms with Crippen molar-refractivity contribution < 1.29 is 4.79 Å². The second-order valence-corrected chi connectivity index (χ2v) is 8.36. The van der Waals surface area contributed by atoms with Crippen molar-refractivity contribution in [3.8, 4) is 0 Å². The van der Waals surface area contributed by atoms with Gasteiger partial charge in [-0.2, -0.15) is 0 Å². The molecular weight excluding hydrogens is 338 g/mol. The molecule has 1 N–H and O–H groups in total. The fourth-order valence-corrected chi connectivity index (χ4v) is 3.62. The lowest BCUT2D eigenvalue weighted by Gasteiger charge is -2.03. The highest BCUT2D eigenvalue weighted by Gasteiger charge is 2.02. The van der Waals surface area contributed by atoms with E-state index in [0.29, 0.717) is 5.12 Å². The zero-order valence-corrected chi connectivity index (χ0v) is 18.5. The van der Waals surface area contributed by atoms with E-state index in [0.717, 1.165) is 19.4 Å². The van der Waals surface area contributed by atoms with Gasteiger partial charge >= 0.3 is 0 Å². The first-order valence-electron chi connectivity index (χ1n) is 11.4. The SMILES string of the molecule is CCCCCCCC/C=C\CCCCCCCC(=O)SNCCCCC. The lowest BCUT2D eigenvalue weighted by atomic mass is 10.1. The predicted octanol–water partition coefficient (Wildman–Crippen LogP) is 7.98. The van der Waals surface area contributed by atoms with Crippen LogP contribution in [0.2, 0.25) is 0 Å². The summed E-state index contributed by atoms with van der Waals surface area (Å²) in [6, 6.07) is 0. The molecule has 0 atom stereocenters. The lowest BCUT2D eigenvalue weighted by molar-refractivity contribution is -0.111. The number of hydrogen-bond acceptors (Lipinski definition) is 3. The van der Waals surface area contributed by atoms with Crippen LogP contribution in [-0.4, -0.2) is 11.7 Å². The van der Waals surface area contributed by atoms with Crippen LogP contribution in [-0.2, 0) is 4.79 Å². The van der Waals surface area contributed by atoms with E-state index in [4.69, 9.17) is 0 Å². The van der Waals surface area contributed by atoms with Crippen molar-refractivity contribution >= 4 is 17.1 Å². The third-order valence-corrected chi connectivity index (χ3v) is 5.49. The van der Waals surface area contributed by atoms with E-state index < -0.39 is 0 Å². The minimum atomic E-state index is 0.305. The van der Waals surface area contributed by atoms with Gasteiger partial charge < -0.3 is 0 Å². The van der Waals surface area contributed by atoms with Crippen LogP contribution in [0.5, 0.6) is 0 Å². The first kappa shape index (κ1) is 25.7. The zero-order valence-electron chi connectivity index (χ0n) is 17.7. The fourth-order valence-electron chi connectivity index (χ4n) is 2.97. The summed E-state index contributed by atoms with van der Waals surface area (Å²) in [5.74, 6) is 0. The molecule has 0 heterocycles. The molecule has 0 radical (unpaired) electrons. The van der Waals surface area contributed by atoms with Gasteiger partial charge in [0.05, 0.1) is 0 Å². The number of rotatable bonds is 20. The maximum Gasteiger partial charge on any atom is 0.203 e. The average molecular weight is 384 g/mol. The van der Waals surface area contributed by atoms with E-state index in [-0.39, 0.29) is 0 Å². The Bertz CT molecular complexity index is 317. The van der Waals surface area contributed by atoms with Gasteiger partial charge in [-0.05, 0) is 50.5 Å². The molecule has 0 aliphatic heterocycles. The largest absolute Gasteiger partial charge is 0.286 e. The highest BCUT2D eigenvalue weighted by atomic mass is 32.2. The Balaban J connectivity index is 3.18. The number of hydrogen-bond donors (Lipinski definition) is 1. The maximum atomic E-state index is 11.7. The van der Waals surface area contributed by atoms with Crippen molar-refractivity contribution in [1.82, 2.24) is 4.72 Å². The number of carbonyl (C=O) groups excluding carboxylic acids is 1. The van der Waals surface area contributed by atoms with Gasteiger partial charge in [-0.15, -0.1) is 0 Å². The molecule has 26 heavy (non-hydrogen) atoms. The fraction of sp³-hybridized carbons (Fsp3) is 0.870. The minimum absolute atomic E-state index is 0.305. The van der Waals surface area contributed by atoms with Crippen LogP contribution in [0, 0.1) is 0 Å². The van der Waals surface area contributed by atoms with Crippen molar-refractivity contribution in [2.24, 2.45) is 0 Å². The molecule has 0 aliphatic carbocycles. The Morgan fingerprint density at radius 2 is 1.19 bits per heavy atom. The van der Waals surface area contributed by atoms with E-state index in [9.17, 15) is 4.79 Å². The third kappa shape index (κ3) is 21.8.